The van der Waals surface area contributed by atoms with Crippen LogP contribution in [0.15, 0.2) is 30.3 Å². The fraction of sp³-hybridized carbons (Fsp3) is 0.364. The molecule has 2 aliphatic rings. The van der Waals surface area contributed by atoms with Crippen LogP contribution in [0.2, 0.25) is 0 Å². The first-order valence-corrected chi connectivity index (χ1v) is 9.77. The van der Waals surface area contributed by atoms with Gasteiger partial charge in [-0.05, 0) is 43.7 Å². The first kappa shape index (κ1) is 19.2. The van der Waals surface area contributed by atoms with Crippen LogP contribution in [0.25, 0.3) is 0 Å². The lowest BCUT2D eigenvalue weighted by Gasteiger charge is -2.25. The first-order chi connectivity index (χ1) is 13.9. The van der Waals surface area contributed by atoms with Gasteiger partial charge >= 0.3 is 0 Å². The molecule has 29 heavy (non-hydrogen) atoms. The van der Waals surface area contributed by atoms with Gasteiger partial charge in [-0.25, -0.2) is 4.39 Å². The third-order valence-electron chi connectivity index (χ3n) is 5.20. The van der Waals surface area contributed by atoms with Crippen LogP contribution in [-0.2, 0) is 22.6 Å². The number of rotatable bonds is 5. The monoisotopic (exact) mass is 398 g/mol. The second kappa shape index (κ2) is 7.73. The highest BCUT2D eigenvalue weighted by Gasteiger charge is 2.31. The SMILES string of the molecule is CCOc1cc2c(cc1CNC(=O)C1CC(=O)Nc3cc(F)ccc31)OC(C)C2. The van der Waals surface area contributed by atoms with Crippen LogP contribution in [0.5, 0.6) is 11.5 Å². The summed E-state index contributed by atoms with van der Waals surface area (Å²) in [5, 5.41) is 5.52. The van der Waals surface area contributed by atoms with E-state index in [4.69, 9.17) is 9.47 Å². The van der Waals surface area contributed by atoms with E-state index in [0.29, 0.717) is 23.6 Å². The van der Waals surface area contributed by atoms with E-state index in [9.17, 15) is 14.0 Å². The molecule has 0 bridgehead atoms. The summed E-state index contributed by atoms with van der Waals surface area (Å²) in [5.41, 5.74) is 2.86. The molecule has 0 fully saturated rings. The van der Waals surface area contributed by atoms with E-state index < -0.39 is 11.7 Å². The molecule has 2 atom stereocenters. The smallest absolute Gasteiger partial charge is 0.228 e. The molecule has 2 heterocycles. The fourth-order valence-corrected chi connectivity index (χ4v) is 3.89. The van der Waals surface area contributed by atoms with E-state index in [-0.39, 0.29) is 30.9 Å². The Morgan fingerprint density at radius 1 is 1.31 bits per heavy atom. The highest BCUT2D eigenvalue weighted by Crippen LogP contribution is 2.36. The number of fused-ring (bicyclic) bond motifs is 2. The number of nitrogens with one attached hydrogen (secondary N) is 2. The Labute approximate surface area is 168 Å². The average molecular weight is 398 g/mol. The molecule has 0 spiro atoms. The molecule has 0 aromatic heterocycles. The van der Waals surface area contributed by atoms with Gasteiger partial charge in [-0.1, -0.05) is 6.07 Å². The second-order valence-corrected chi connectivity index (χ2v) is 7.39. The normalized spacial score (nSPS) is 19.6. The van der Waals surface area contributed by atoms with Crippen LogP contribution in [0.4, 0.5) is 10.1 Å². The molecular formula is C22H23FN2O4. The highest BCUT2D eigenvalue weighted by atomic mass is 19.1. The van der Waals surface area contributed by atoms with E-state index >= 15 is 0 Å². The van der Waals surface area contributed by atoms with Crippen LogP contribution in [0, 0.1) is 5.82 Å². The van der Waals surface area contributed by atoms with Gasteiger partial charge in [-0.2, -0.15) is 0 Å². The minimum absolute atomic E-state index is 0.0214. The maximum atomic E-state index is 13.5. The van der Waals surface area contributed by atoms with Crippen molar-refractivity contribution in [2.24, 2.45) is 0 Å². The summed E-state index contributed by atoms with van der Waals surface area (Å²) in [6.45, 7) is 4.67. The number of carbonyl (C=O) groups is 2. The third kappa shape index (κ3) is 3.90. The summed E-state index contributed by atoms with van der Waals surface area (Å²) in [6.07, 6.45) is 0.960. The molecule has 4 rings (SSSR count). The van der Waals surface area contributed by atoms with Crippen molar-refractivity contribution in [3.63, 3.8) is 0 Å². The summed E-state index contributed by atoms with van der Waals surface area (Å²) in [4.78, 5) is 24.8. The summed E-state index contributed by atoms with van der Waals surface area (Å²) in [5.74, 6) is -0.196. The summed E-state index contributed by atoms with van der Waals surface area (Å²) >= 11 is 0. The molecule has 0 radical (unpaired) electrons. The van der Waals surface area contributed by atoms with Crippen molar-refractivity contribution in [1.29, 1.82) is 0 Å². The maximum Gasteiger partial charge on any atom is 0.228 e. The van der Waals surface area contributed by atoms with Gasteiger partial charge in [0.05, 0.1) is 12.5 Å². The van der Waals surface area contributed by atoms with E-state index in [0.717, 1.165) is 23.3 Å². The molecule has 0 saturated carbocycles. The van der Waals surface area contributed by atoms with Gasteiger partial charge in [-0.15, -0.1) is 0 Å². The van der Waals surface area contributed by atoms with Crippen molar-refractivity contribution in [1.82, 2.24) is 5.32 Å². The van der Waals surface area contributed by atoms with Crippen molar-refractivity contribution >= 4 is 17.5 Å². The molecule has 6 nitrogen and oxygen atoms in total. The molecule has 2 unspecified atom stereocenters. The van der Waals surface area contributed by atoms with Crippen molar-refractivity contribution < 1.29 is 23.5 Å². The Kier molecular flexibility index (Phi) is 5.13. The van der Waals surface area contributed by atoms with Crippen LogP contribution in [-0.4, -0.2) is 24.5 Å². The van der Waals surface area contributed by atoms with Gasteiger partial charge < -0.3 is 20.1 Å². The number of hydrogen-bond donors (Lipinski definition) is 2. The molecule has 2 aliphatic heterocycles. The lowest BCUT2D eigenvalue weighted by molar-refractivity contribution is -0.126. The number of halogens is 1. The quantitative estimate of drug-likeness (QED) is 0.810. The molecule has 2 N–H and O–H groups in total. The first-order valence-electron chi connectivity index (χ1n) is 9.77. The zero-order valence-electron chi connectivity index (χ0n) is 16.4. The van der Waals surface area contributed by atoms with Crippen molar-refractivity contribution in [2.75, 3.05) is 11.9 Å². The minimum atomic E-state index is -0.666. The zero-order chi connectivity index (χ0) is 20.5. The number of ether oxygens (including phenoxy) is 2. The van der Waals surface area contributed by atoms with Gasteiger partial charge in [0, 0.05) is 36.2 Å². The number of carbonyl (C=O) groups excluding carboxylic acids is 2. The Morgan fingerprint density at radius 2 is 2.14 bits per heavy atom. The molecule has 2 aromatic rings. The Bertz CT molecular complexity index is 976. The van der Waals surface area contributed by atoms with Crippen LogP contribution in [0.1, 0.15) is 42.9 Å². The Balaban J connectivity index is 1.53. The van der Waals surface area contributed by atoms with E-state index in [1.54, 1.807) is 6.07 Å². The van der Waals surface area contributed by atoms with Gasteiger partial charge in [0.2, 0.25) is 11.8 Å². The highest BCUT2D eigenvalue weighted by molar-refractivity contribution is 6.01. The summed E-state index contributed by atoms with van der Waals surface area (Å²) in [7, 11) is 0. The lowest BCUT2D eigenvalue weighted by atomic mass is 9.89. The van der Waals surface area contributed by atoms with Gasteiger partial charge in [0.25, 0.3) is 0 Å². The predicted octanol–water partition coefficient (Wildman–Crippen LogP) is 3.29. The molecule has 0 saturated heterocycles. The van der Waals surface area contributed by atoms with E-state index in [1.807, 2.05) is 26.0 Å². The molecule has 0 aliphatic carbocycles. The Hall–Kier alpha value is -3.09. The summed E-state index contributed by atoms with van der Waals surface area (Å²) < 4.78 is 25.1. The largest absolute Gasteiger partial charge is 0.494 e. The Morgan fingerprint density at radius 3 is 2.93 bits per heavy atom. The molecule has 152 valence electrons. The van der Waals surface area contributed by atoms with E-state index in [1.165, 1.54) is 12.1 Å². The third-order valence-corrected chi connectivity index (χ3v) is 5.20. The van der Waals surface area contributed by atoms with Crippen LogP contribution < -0.4 is 20.1 Å². The predicted molar refractivity (Wildman–Crippen MR) is 106 cm³/mol. The second-order valence-electron chi connectivity index (χ2n) is 7.39. The number of anilines is 1. The number of benzene rings is 2. The van der Waals surface area contributed by atoms with Crippen molar-refractivity contribution in [2.45, 2.75) is 45.3 Å². The number of hydrogen-bond acceptors (Lipinski definition) is 4. The number of amides is 2. The van der Waals surface area contributed by atoms with E-state index in [2.05, 4.69) is 10.6 Å². The fourth-order valence-electron chi connectivity index (χ4n) is 3.89. The molecule has 7 heteroatoms. The zero-order valence-corrected chi connectivity index (χ0v) is 16.4. The standard InChI is InChI=1S/C22H23FN2O4/c1-3-28-19-7-13-6-12(2)29-20(13)8-14(19)11-24-22(27)17-10-21(26)25-18-9-15(23)4-5-16(17)18/h4-5,7-9,12,17H,3,6,10-11H2,1-2H3,(H,24,27)(H,25,26). The molecular weight excluding hydrogens is 375 g/mol. The van der Waals surface area contributed by atoms with Gasteiger partial charge in [0.15, 0.2) is 0 Å². The van der Waals surface area contributed by atoms with Gasteiger partial charge in [-0.3, -0.25) is 9.59 Å². The lowest BCUT2D eigenvalue weighted by Crippen LogP contribution is -2.34. The minimum Gasteiger partial charge on any atom is -0.494 e. The van der Waals surface area contributed by atoms with Crippen molar-refractivity contribution in [3.8, 4) is 11.5 Å². The molecule has 2 amide bonds. The summed E-state index contributed by atoms with van der Waals surface area (Å²) in [6, 6.07) is 7.95. The topological polar surface area (TPSA) is 76.7 Å². The molecule has 2 aromatic carbocycles. The average Bonchev–Trinajstić information content (AvgIpc) is 3.04. The van der Waals surface area contributed by atoms with Crippen molar-refractivity contribution in [3.05, 3.63) is 52.8 Å². The van der Waals surface area contributed by atoms with Gasteiger partial charge in [0.1, 0.15) is 23.4 Å². The van der Waals surface area contributed by atoms with Crippen LogP contribution in [0.3, 0.4) is 0 Å². The maximum absolute atomic E-state index is 13.5. The van der Waals surface area contributed by atoms with Crippen LogP contribution >= 0.6 is 0 Å².